The van der Waals surface area contributed by atoms with E-state index in [9.17, 15) is 4.79 Å². The van der Waals surface area contributed by atoms with Crippen LogP contribution in [0.4, 0.5) is 0 Å². The number of carbonyl (C=O) groups is 1. The second-order valence-electron chi connectivity index (χ2n) is 9.03. The molecule has 0 radical (unpaired) electrons. The first-order valence-electron chi connectivity index (χ1n) is 11.5. The van der Waals surface area contributed by atoms with Gasteiger partial charge in [0.15, 0.2) is 0 Å². The molecule has 0 unspecified atom stereocenters. The lowest BCUT2D eigenvalue weighted by molar-refractivity contribution is -0.127. The molecule has 0 saturated carbocycles. The van der Waals surface area contributed by atoms with Crippen molar-refractivity contribution in [2.75, 3.05) is 39.4 Å². The number of nitrogens with zero attached hydrogens (tertiary/aromatic N) is 2. The summed E-state index contributed by atoms with van der Waals surface area (Å²) >= 11 is 0. The Bertz CT molecular complexity index is 1080. The molecule has 3 heterocycles. The van der Waals surface area contributed by atoms with Gasteiger partial charge in [0, 0.05) is 43.5 Å². The first-order chi connectivity index (χ1) is 15.6. The van der Waals surface area contributed by atoms with E-state index in [1.807, 2.05) is 29.2 Å². The number of fused-ring (bicyclic) bond motifs is 1. The molecule has 0 bridgehead atoms. The smallest absolute Gasteiger partial charge is 0.254 e. The molecule has 5 rings (SSSR count). The Kier molecular flexibility index (Phi) is 6.00. The third kappa shape index (κ3) is 4.44. The zero-order valence-corrected chi connectivity index (χ0v) is 18.4. The van der Waals surface area contributed by atoms with Gasteiger partial charge in [-0.05, 0) is 48.2 Å². The average molecular weight is 436 g/mol. The van der Waals surface area contributed by atoms with E-state index in [4.69, 9.17) is 14.3 Å². The molecule has 6 heteroatoms. The Balaban J connectivity index is 1.21. The number of benzene rings is 2. The van der Waals surface area contributed by atoms with Crippen LogP contribution in [-0.2, 0) is 17.7 Å². The molecule has 1 amide bonds. The van der Waals surface area contributed by atoms with Gasteiger partial charge in [0.1, 0.15) is 12.2 Å². The predicted molar refractivity (Wildman–Crippen MR) is 124 cm³/mol. The summed E-state index contributed by atoms with van der Waals surface area (Å²) in [7, 11) is 0. The van der Waals surface area contributed by atoms with Crippen LogP contribution in [0.1, 0.15) is 34.3 Å². The zero-order valence-electron chi connectivity index (χ0n) is 18.4. The van der Waals surface area contributed by atoms with Crippen LogP contribution in [-0.4, -0.2) is 65.8 Å². The Labute approximate surface area is 188 Å². The number of hydrogen-bond acceptors (Lipinski definition) is 4. The summed E-state index contributed by atoms with van der Waals surface area (Å²) < 4.78 is 11.7. The Morgan fingerprint density at radius 1 is 1.03 bits per heavy atom. The van der Waals surface area contributed by atoms with E-state index in [-0.39, 0.29) is 11.5 Å². The van der Waals surface area contributed by atoms with Crippen LogP contribution in [0.15, 0.2) is 59.2 Å². The lowest BCUT2D eigenvalue weighted by Crippen LogP contribution is -2.57. The van der Waals surface area contributed by atoms with Gasteiger partial charge in [-0.2, -0.15) is 0 Å². The molecule has 32 heavy (non-hydrogen) atoms. The van der Waals surface area contributed by atoms with Crippen molar-refractivity contribution in [1.29, 1.82) is 0 Å². The first kappa shape index (κ1) is 21.2. The van der Waals surface area contributed by atoms with Crippen molar-refractivity contribution >= 4 is 16.9 Å². The SMILES string of the molecule is O=C(c1ccc2occc2c1)N1CCOC2(CCN(Cc3cccc(CC[OH2+])c3)CC2)C1. The minimum Gasteiger partial charge on any atom is -0.464 e. The van der Waals surface area contributed by atoms with Gasteiger partial charge in [-0.15, -0.1) is 0 Å². The molecule has 2 saturated heterocycles. The normalized spacial score (nSPS) is 19.0. The van der Waals surface area contributed by atoms with Crippen molar-refractivity contribution in [2.45, 2.75) is 31.4 Å². The number of piperidine rings is 1. The Morgan fingerprint density at radius 3 is 2.72 bits per heavy atom. The van der Waals surface area contributed by atoms with Gasteiger partial charge >= 0.3 is 0 Å². The van der Waals surface area contributed by atoms with E-state index in [0.29, 0.717) is 31.9 Å². The van der Waals surface area contributed by atoms with Crippen LogP contribution in [0.3, 0.4) is 0 Å². The molecule has 1 aromatic heterocycles. The molecule has 3 aromatic rings. The topological polar surface area (TPSA) is 68.8 Å². The number of rotatable bonds is 5. The summed E-state index contributed by atoms with van der Waals surface area (Å²) in [5, 5.41) is 8.40. The highest BCUT2D eigenvalue weighted by Crippen LogP contribution is 2.31. The number of amides is 1. The van der Waals surface area contributed by atoms with Crippen molar-refractivity contribution in [2.24, 2.45) is 0 Å². The molecule has 0 aliphatic carbocycles. The maximum absolute atomic E-state index is 13.2. The number of likely N-dealkylation sites (tertiary alicyclic amines) is 1. The fourth-order valence-corrected chi connectivity index (χ4v) is 5.01. The van der Waals surface area contributed by atoms with Crippen LogP contribution in [0.2, 0.25) is 0 Å². The summed E-state index contributed by atoms with van der Waals surface area (Å²) in [5.74, 6) is 0.0735. The van der Waals surface area contributed by atoms with Crippen LogP contribution in [0, 0.1) is 0 Å². The molecule has 2 aromatic carbocycles. The quantitative estimate of drug-likeness (QED) is 0.577. The number of furan rings is 1. The molecule has 2 aliphatic rings. The van der Waals surface area contributed by atoms with Crippen LogP contribution in [0.25, 0.3) is 11.0 Å². The molecule has 2 N–H and O–H groups in total. The summed E-state index contributed by atoms with van der Waals surface area (Å²) in [6, 6.07) is 16.1. The fraction of sp³-hybridized carbons (Fsp3) is 0.423. The summed E-state index contributed by atoms with van der Waals surface area (Å²) in [4.78, 5) is 17.6. The molecule has 6 nitrogen and oxygen atoms in total. The van der Waals surface area contributed by atoms with Crippen molar-refractivity contribution < 1.29 is 19.1 Å². The maximum Gasteiger partial charge on any atom is 0.254 e. The second kappa shape index (κ2) is 9.06. The molecule has 1 spiro atoms. The Morgan fingerprint density at radius 2 is 1.88 bits per heavy atom. The van der Waals surface area contributed by atoms with E-state index in [0.717, 1.165) is 49.9 Å². The highest BCUT2D eigenvalue weighted by molar-refractivity contribution is 5.97. The minimum atomic E-state index is -0.239. The molecular weight excluding hydrogens is 404 g/mol. The van der Waals surface area contributed by atoms with Crippen molar-refractivity contribution in [3.63, 3.8) is 0 Å². The predicted octanol–water partition coefficient (Wildman–Crippen LogP) is 3.21. The summed E-state index contributed by atoms with van der Waals surface area (Å²) in [5.41, 5.74) is 3.82. The molecule has 168 valence electrons. The standard InChI is InChI=1S/C26H30N2O4/c29-13-6-20-2-1-3-21(16-20)18-27-10-8-26(9-11-27)19-28(12-15-32-26)25(30)23-4-5-24-22(17-23)7-14-31-24/h1-5,7,14,16-17,29H,6,8-13,15,18-19H2/p+1. The number of hydrogen-bond donors (Lipinski definition) is 0. The monoisotopic (exact) mass is 435 g/mol. The van der Waals surface area contributed by atoms with Gasteiger partial charge in [0.25, 0.3) is 5.91 Å². The van der Waals surface area contributed by atoms with Crippen molar-refractivity contribution in [3.8, 4) is 0 Å². The molecular formula is C26H31N2O4+. The van der Waals surface area contributed by atoms with Crippen molar-refractivity contribution in [3.05, 3.63) is 71.5 Å². The average Bonchev–Trinajstić information content (AvgIpc) is 3.29. The van der Waals surface area contributed by atoms with Gasteiger partial charge < -0.3 is 19.2 Å². The summed E-state index contributed by atoms with van der Waals surface area (Å²) in [6.45, 7) is 5.16. The molecule has 2 aliphatic heterocycles. The van der Waals surface area contributed by atoms with Gasteiger partial charge in [-0.25, -0.2) is 0 Å². The highest BCUT2D eigenvalue weighted by atomic mass is 16.5. The summed E-state index contributed by atoms with van der Waals surface area (Å²) in [6.07, 6.45) is 4.33. The van der Waals surface area contributed by atoms with Crippen LogP contribution < -0.4 is 0 Å². The van der Waals surface area contributed by atoms with Gasteiger partial charge in [-0.1, -0.05) is 24.3 Å². The van der Waals surface area contributed by atoms with E-state index >= 15 is 0 Å². The zero-order chi connectivity index (χ0) is 22.0. The van der Waals surface area contributed by atoms with Crippen LogP contribution >= 0.6 is 0 Å². The van der Waals surface area contributed by atoms with Gasteiger partial charge in [0.2, 0.25) is 0 Å². The Hall–Kier alpha value is -2.67. The van der Waals surface area contributed by atoms with E-state index in [2.05, 4.69) is 29.2 Å². The first-order valence-corrected chi connectivity index (χ1v) is 11.5. The molecule has 0 atom stereocenters. The fourth-order valence-electron chi connectivity index (χ4n) is 5.01. The van der Waals surface area contributed by atoms with Gasteiger partial charge in [0.05, 0.1) is 25.0 Å². The lowest BCUT2D eigenvalue weighted by atomic mass is 9.88. The number of carbonyl (C=O) groups excluding carboxylic acids is 1. The second-order valence-corrected chi connectivity index (χ2v) is 9.03. The number of ether oxygens (including phenoxy) is 1. The largest absolute Gasteiger partial charge is 0.464 e. The van der Waals surface area contributed by atoms with Crippen LogP contribution in [0.5, 0.6) is 0 Å². The van der Waals surface area contributed by atoms with Gasteiger partial charge in [-0.3, -0.25) is 9.69 Å². The number of morpholine rings is 1. The van der Waals surface area contributed by atoms with E-state index in [1.165, 1.54) is 11.1 Å². The third-order valence-corrected chi connectivity index (χ3v) is 6.81. The third-order valence-electron chi connectivity index (χ3n) is 6.81. The van der Waals surface area contributed by atoms with E-state index in [1.54, 1.807) is 6.26 Å². The lowest BCUT2D eigenvalue weighted by Gasteiger charge is -2.47. The maximum atomic E-state index is 13.2. The van der Waals surface area contributed by atoms with Crippen molar-refractivity contribution in [1.82, 2.24) is 9.80 Å². The minimum absolute atomic E-state index is 0.0735. The highest BCUT2D eigenvalue weighted by Gasteiger charge is 2.41. The molecule has 2 fully saturated rings. The van der Waals surface area contributed by atoms with E-state index < -0.39 is 0 Å².